The molecule has 0 fully saturated rings. The summed E-state index contributed by atoms with van der Waals surface area (Å²) in [6.07, 6.45) is 17.7. The third kappa shape index (κ3) is 8.59. The third-order valence-corrected chi connectivity index (χ3v) is 21.4. The molecular formula is C78H78BN3S. The molecule has 2 aliphatic heterocycles. The molecule has 8 aromatic carbocycles. The van der Waals surface area contributed by atoms with Crippen molar-refractivity contribution < 1.29 is 0 Å². The van der Waals surface area contributed by atoms with Crippen LogP contribution in [0.5, 0.6) is 0 Å². The van der Waals surface area contributed by atoms with E-state index in [1.807, 2.05) is 11.8 Å². The van der Waals surface area contributed by atoms with Crippen molar-refractivity contribution in [2.75, 3.05) is 4.90 Å². The molecule has 3 aliphatic carbocycles. The average Bonchev–Trinajstić information content (AvgIpc) is 3.01. The van der Waals surface area contributed by atoms with Gasteiger partial charge in [0, 0.05) is 65.0 Å². The van der Waals surface area contributed by atoms with E-state index in [1.165, 1.54) is 154 Å². The topological polar surface area (TPSA) is 13.1 Å². The lowest BCUT2D eigenvalue weighted by Crippen LogP contribution is -2.60. The fourth-order valence-corrected chi connectivity index (χ4v) is 17.4. The first-order valence-corrected chi connectivity index (χ1v) is 32.0. The van der Waals surface area contributed by atoms with Gasteiger partial charge in [-0.15, -0.1) is 0 Å². The molecule has 5 aliphatic rings. The van der Waals surface area contributed by atoms with Crippen molar-refractivity contribution in [1.82, 2.24) is 9.13 Å². The maximum atomic E-state index is 2.94. The number of fused-ring (bicyclic) bond motifs is 11. The number of benzene rings is 8. The SMILES string of the molecule is CC(C)(C)C1=CCC(C2=CCCC(C3CC=C(C(C)(C)C)CC3)C2n2c3ccccc3c3c4c(ccc32)Sc2cc(C(C)(C)C)cc3c2B4c2ccc(-n4c5ccccc5c5ccccc54)cc2N3c2ccccc2-c2ccccc2)CC1. The van der Waals surface area contributed by atoms with E-state index in [9.17, 15) is 0 Å². The Morgan fingerprint density at radius 2 is 1.14 bits per heavy atom. The lowest BCUT2D eigenvalue weighted by atomic mass is 9.34. The first kappa shape index (κ1) is 52.6. The molecule has 2 aromatic heterocycles. The van der Waals surface area contributed by atoms with Crippen molar-refractivity contribution in [1.29, 1.82) is 0 Å². The van der Waals surface area contributed by atoms with Gasteiger partial charge in [0.1, 0.15) is 0 Å². The smallest absolute Gasteiger partial charge is 0.250 e. The zero-order chi connectivity index (χ0) is 56.7. The van der Waals surface area contributed by atoms with Crippen molar-refractivity contribution in [3.63, 3.8) is 0 Å². The highest BCUT2D eigenvalue weighted by atomic mass is 32.2. The van der Waals surface area contributed by atoms with Crippen LogP contribution in [-0.4, -0.2) is 15.8 Å². The van der Waals surface area contributed by atoms with Crippen LogP contribution in [-0.2, 0) is 5.41 Å². The van der Waals surface area contributed by atoms with Gasteiger partial charge in [0.05, 0.1) is 22.8 Å². The molecule has 83 heavy (non-hydrogen) atoms. The van der Waals surface area contributed by atoms with Gasteiger partial charge in [-0.25, -0.2) is 0 Å². The van der Waals surface area contributed by atoms with Gasteiger partial charge < -0.3 is 14.0 Å². The monoisotopic (exact) mass is 1100 g/mol. The molecule has 15 rings (SSSR count). The number of hydrogen-bond acceptors (Lipinski definition) is 2. The van der Waals surface area contributed by atoms with Crippen LogP contribution in [0.1, 0.15) is 125 Å². The van der Waals surface area contributed by atoms with Gasteiger partial charge in [-0.3, -0.25) is 0 Å². The van der Waals surface area contributed by atoms with Crippen molar-refractivity contribution in [3.8, 4) is 16.8 Å². The summed E-state index contributed by atoms with van der Waals surface area (Å²) < 4.78 is 5.45. The Hall–Kier alpha value is -7.21. The number of nitrogens with zero attached hydrogens (tertiary/aromatic N) is 3. The number of rotatable bonds is 6. The largest absolute Gasteiger partial charge is 0.333 e. The van der Waals surface area contributed by atoms with E-state index in [0.29, 0.717) is 17.8 Å². The molecule has 414 valence electrons. The van der Waals surface area contributed by atoms with Gasteiger partial charge >= 0.3 is 0 Å². The molecule has 0 bridgehead atoms. The number of allylic oxidation sites excluding steroid dienone is 6. The average molecular weight is 1100 g/mol. The van der Waals surface area contributed by atoms with Crippen LogP contribution in [0.25, 0.3) is 60.4 Å². The molecule has 0 N–H and O–H groups in total. The minimum Gasteiger partial charge on any atom is -0.333 e. The summed E-state index contributed by atoms with van der Waals surface area (Å²) >= 11 is 2.01. The standard InChI is InChI=1S/C78H78BN3S/c1-76(2,3)52-38-34-50(35-39-52)57-28-21-29-58(51-36-40-53(41-37-51)77(4,5)6)75(57)82-66-33-20-16-27-61(66)72-67(82)44-45-70-74(72)79-62-43-42-55(80-64-31-18-14-25-59(64)60-26-15-19-32-65(60)80)48-68(62)81(63-30-17-13-24-56(63)49-22-11-10-12-23-49)69-46-54(78(7,8)9)47-71(83-70)73(69)79/h10-20,22-28,30-33,38,40,42-48,50-51,58,75H,21,29,34-37,39,41H2,1-9H3. The van der Waals surface area contributed by atoms with E-state index in [4.69, 9.17) is 0 Å². The Balaban J connectivity index is 0.999. The Bertz CT molecular complexity index is 4300. The molecule has 0 saturated carbocycles. The van der Waals surface area contributed by atoms with Crippen molar-refractivity contribution in [2.24, 2.45) is 28.6 Å². The fourth-order valence-electron chi connectivity index (χ4n) is 16.1. The third-order valence-electron chi connectivity index (χ3n) is 20.3. The van der Waals surface area contributed by atoms with Crippen molar-refractivity contribution in [3.05, 3.63) is 210 Å². The Kier molecular flexibility index (Phi) is 12.5. The van der Waals surface area contributed by atoms with E-state index in [2.05, 4.69) is 264 Å². The van der Waals surface area contributed by atoms with Gasteiger partial charge in [-0.2, -0.15) is 0 Å². The van der Waals surface area contributed by atoms with Gasteiger partial charge in [0.15, 0.2) is 0 Å². The molecule has 4 heterocycles. The molecular weight excluding hydrogens is 1020 g/mol. The summed E-state index contributed by atoms with van der Waals surface area (Å²) in [7, 11) is 0. The maximum Gasteiger partial charge on any atom is 0.250 e. The second-order valence-electron chi connectivity index (χ2n) is 28.1. The second kappa shape index (κ2) is 19.7. The van der Waals surface area contributed by atoms with Crippen LogP contribution >= 0.6 is 11.8 Å². The number of aromatic nitrogens is 2. The molecule has 5 heteroatoms. The molecule has 0 radical (unpaired) electrons. The molecule has 0 amide bonds. The van der Waals surface area contributed by atoms with Crippen LogP contribution < -0.4 is 21.3 Å². The first-order chi connectivity index (χ1) is 40.1. The minimum absolute atomic E-state index is 0.0219. The van der Waals surface area contributed by atoms with Crippen LogP contribution in [0.15, 0.2) is 215 Å². The Morgan fingerprint density at radius 1 is 0.494 bits per heavy atom. The molecule has 0 saturated heterocycles. The summed E-state index contributed by atoms with van der Waals surface area (Å²) in [5.41, 5.74) is 23.4. The highest BCUT2D eigenvalue weighted by Crippen LogP contribution is 2.54. The van der Waals surface area contributed by atoms with Gasteiger partial charge in [0.2, 0.25) is 0 Å². The zero-order valence-corrected chi connectivity index (χ0v) is 51.0. The Labute approximate surface area is 497 Å². The van der Waals surface area contributed by atoms with E-state index >= 15 is 0 Å². The van der Waals surface area contributed by atoms with E-state index in [0.717, 1.165) is 6.42 Å². The van der Waals surface area contributed by atoms with E-state index in [-0.39, 0.29) is 29.0 Å². The molecule has 10 aromatic rings. The van der Waals surface area contributed by atoms with Crippen LogP contribution in [0, 0.1) is 28.6 Å². The van der Waals surface area contributed by atoms with Gasteiger partial charge in [-0.05, 0) is 179 Å². The lowest BCUT2D eigenvalue weighted by Gasteiger charge is -2.44. The molecule has 4 unspecified atom stereocenters. The quantitative estimate of drug-likeness (QED) is 0.122. The predicted octanol–water partition coefficient (Wildman–Crippen LogP) is 20.0. The zero-order valence-electron chi connectivity index (χ0n) is 50.2. The fraction of sp³-hybridized carbons (Fsp3) is 0.308. The molecule has 4 atom stereocenters. The highest BCUT2D eigenvalue weighted by Gasteiger charge is 2.46. The Morgan fingerprint density at radius 3 is 1.82 bits per heavy atom. The second-order valence-corrected chi connectivity index (χ2v) is 29.2. The summed E-state index contributed by atoms with van der Waals surface area (Å²) in [5, 5.41) is 5.37. The van der Waals surface area contributed by atoms with Crippen LogP contribution in [0.4, 0.5) is 17.1 Å². The van der Waals surface area contributed by atoms with E-state index < -0.39 is 0 Å². The number of hydrogen-bond donors (Lipinski definition) is 0. The molecule has 0 spiro atoms. The summed E-state index contributed by atoms with van der Waals surface area (Å²) in [6, 6.07) is 65.8. The van der Waals surface area contributed by atoms with Gasteiger partial charge in [0.25, 0.3) is 6.71 Å². The number of anilines is 3. The minimum atomic E-state index is -0.0956. The summed E-state index contributed by atoms with van der Waals surface area (Å²) in [4.78, 5) is 5.41. The predicted molar refractivity (Wildman–Crippen MR) is 357 cm³/mol. The first-order valence-electron chi connectivity index (χ1n) is 31.2. The summed E-state index contributed by atoms with van der Waals surface area (Å²) in [6.45, 7) is 21.7. The van der Waals surface area contributed by atoms with Gasteiger partial charge in [-0.1, -0.05) is 213 Å². The van der Waals surface area contributed by atoms with Crippen LogP contribution in [0.3, 0.4) is 0 Å². The normalized spacial score (nSPS) is 20.1. The van der Waals surface area contributed by atoms with Crippen LogP contribution in [0.2, 0.25) is 0 Å². The van der Waals surface area contributed by atoms with Crippen molar-refractivity contribution >= 4 is 95.5 Å². The van der Waals surface area contributed by atoms with Crippen molar-refractivity contribution in [2.45, 2.75) is 135 Å². The maximum absolute atomic E-state index is 2.94. The lowest BCUT2D eigenvalue weighted by molar-refractivity contribution is 0.200. The van der Waals surface area contributed by atoms with E-state index in [1.54, 1.807) is 16.7 Å². The highest BCUT2D eigenvalue weighted by molar-refractivity contribution is 8.00. The molecule has 3 nitrogen and oxygen atoms in total. The number of para-hydroxylation sites is 4. The summed E-state index contributed by atoms with van der Waals surface area (Å²) in [5.74, 6) is 1.71.